The zero-order chi connectivity index (χ0) is 13.1. The van der Waals surface area contributed by atoms with E-state index in [1.54, 1.807) is 23.1 Å². The summed E-state index contributed by atoms with van der Waals surface area (Å²) in [6, 6.07) is 3.51. The zero-order valence-corrected chi connectivity index (χ0v) is 11.2. The molecule has 96 valence electrons. The fraction of sp³-hybridized carbons (Fsp3) is 0.333. The molecule has 2 heterocycles. The largest absolute Gasteiger partial charge is 0.450 e. The Morgan fingerprint density at radius 3 is 2.83 bits per heavy atom. The van der Waals surface area contributed by atoms with Crippen LogP contribution in [-0.2, 0) is 9.59 Å². The van der Waals surface area contributed by atoms with E-state index in [1.165, 1.54) is 6.08 Å². The fourth-order valence-electron chi connectivity index (χ4n) is 1.87. The topological polar surface area (TPSA) is 76.5 Å². The van der Waals surface area contributed by atoms with Crippen molar-refractivity contribution >= 4 is 33.8 Å². The van der Waals surface area contributed by atoms with Gasteiger partial charge in [0.25, 0.3) is 0 Å². The Morgan fingerprint density at radius 1 is 1.50 bits per heavy atom. The van der Waals surface area contributed by atoms with Crippen LogP contribution in [0.1, 0.15) is 12.2 Å². The smallest absolute Gasteiger partial charge is 0.246 e. The Kier molecular flexibility index (Phi) is 3.86. The summed E-state index contributed by atoms with van der Waals surface area (Å²) < 4.78 is 5.86. The first-order valence-electron chi connectivity index (χ1n) is 5.58. The number of primary amides is 1. The third-order valence-corrected chi connectivity index (χ3v) is 3.31. The van der Waals surface area contributed by atoms with E-state index in [0.29, 0.717) is 29.9 Å². The summed E-state index contributed by atoms with van der Waals surface area (Å²) in [5, 5.41) is 0. The van der Waals surface area contributed by atoms with Crippen LogP contribution in [0.15, 0.2) is 27.3 Å². The molecule has 1 aliphatic heterocycles. The van der Waals surface area contributed by atoms with Gasteiger partial charge in [-0.05, 0) is 40.6 Å². The van der Waals surface area contributed by atoms with Crippen molar-refractivity contribution in [3.63, 3.8) is 0 Å². The Balaban J connectivity index is 1.93. The number of carbonyl (C=O) groups is 2. The van der Waals surface area contributed by atoms with E-state index in [4.69, 9.17) is 10.2 Å². The van der Waals surface area contributed by atoms with E-state index in [1.807, 2.05) is 0 Å². The molecule has 2 rings (SSSR count). The highest BCUT2D eigenvalue weighted by molar-refractivity contribution is 9.10. The van der Waals surface area contributed by atoms with Gasteiger partial charge in [-0.15, -0.1) is 0 Å². The first-order valence-corrected chi connectivity index (χ1v) is 6.37. The van der Waals surface area contributed by atoms with Crippen LogP contribution in [0, 0.1) is 5.92 Å². The van der Waals surface area contributed by atoms with Crippen LogP contribution in [-0.4, -0.2) is 29.8 Å². The first kappa shape index (κ1) is 12.9. The summed E-state index contributed by atoms with van der Waals surface area (Å²) in [5.74, 6) is -0.100. The van der Waals surface area contributed by atoms with Gasteiger partial charge in [-0.2, -0.15) is 0 Å². The summed E-state index contributed by atoms with van der Waals surface area (Å²) in [4.78, 5) is 24.4. The van der Waals surface area contributed by atoms with Crippen LogP contribution < -0.4 is 5.73 Å². The van der Waals surface area contributed by atoms with E-state index in [0.717, 1.165) is 0 Å². The van der Waals surface area contributed by atoms with Crippen molar-refractivity contribution in [2.75, 3.05) is 13.1 Å². The van der Waals surface area contributed by atoms with Gasteiger partial charge in [-0.25, -0.2) is 0 Å². The number of nitrogens with two attached hydrogens (primary N) is 1. The maximum absolute atomic E-state index is 11.8. The maximum Gasteiger partial charge on any atom is 0.246 e. The number of amides is 2. The number of hydrogen-bond donors (Lipinski definition) is 1. The molecule has 0 saturated carbocycles. The van der Waals surface area contributed by atoms with Gasteiger partial charge in [-0.1, -0.05) is 0 Å². The SMILES string of the molecule is NC(=O)C1CCN(C(=O)C=Cc2ccc(Br)o2)C1. The van der Waals surface area contributed by atoms with Crippen LogP contribution in [0.5, 0.6) is 0 Å². The van der Waals surface area contributed by atoms with Crippen molar-refractivity contribution in [1.82, 2.24) is 4.90 Å². The molecule has 1 aromatic rings. The number of furan rings is 1. The maximum atomic E-state index is 11.8. The van der Waals surface area contributed by atoms with Gasteiger partial charge in [0.1, 0.15) is 5.76 Å². The monoisotopic (exact) mass is 312 g/mol. The minimum absolute atomic E-state index is 0.133. The third-order valence-electron chi connectivity index (χ3n) is 2.89. The Morgan fingerprint density at radius 2 is 2.28 bits per heavy atom. The molecule has 0 bridgehead atoms. The molecule has 1 unspecified atom stereocenters. The summed E-state index contributed by atoms with van der Waals surface area (Å²) in [6.45, 7) is 0.971. The zero-order valence-electron chi connectivity index (χ0n) is 9.64. The summed E-state index contributed by atoms with van der Waals surface area (Å²) in [6.07, 6.45) is 3.68. The fourth-order valence-corrected chi connectivity index (χ4v) is 2.19. The molecule has 2 N–H and O–H groups in total. The van der Waals surface area contributed by atoms with Crippen molar-refractivity contribution < 1.29 is 14.0 Å². The molecular formula is C12H13BrN2O3. The minimum Gasteiger partial charge on any atom is -0.450 e. The Bertz CT molecular complexity index is 495. The molecule has 6 heteroatoms. The van der Waals surface area contributed by atoms with Gasteiger partial charge in [-0.3, -0.25) is 9.59 Å². The summed E-state index contributed by atoms with van der Waals surface area (Å²) in [5.41, 5.74) is 5.21. The minimum atomic E-state index is -0.343. The highest BCUT2D eigenvalue weighted by Crippen LogP contribution is 2.17. The molecule has 1 fully saturated rings. The third kappa shape index (κ3) is 3.01. The van der Waals surface area contributed by atoms with Gasteiger partial charge in [0.2, 0.25) is 11.8 Å². The van der Waals surface area contributed by atoms with Gasteiger partial charge in [0.05, 0.1) is 5.92 Å². The number of nitrogens with zero attached hydrogens (tertiary/aromatic N) is 1. The second kappa shape index (κ2) is 5.39. The number of halogens is 1. The van der Waals surface area contributed by atoms with Crippen molar-refractivity contribution in [1.29, 1.82) is 0 Å². The average molecular weight is 313 g/mol. The van der Waals surface area contributed by atoms with Crippen LogP contribution in [0.3, 0.4) is 0 Å². The number of rotatable bonds is 3. The highest BCUT2D eigenvalue weighted by Gasteiger charge is 2.28. The molecule has 5 nitrogen and oxygen atoms in total. The van der Waals surface area contributed by atoms with Crippen molar-refractivity contribution in [3.8, 4) is 0 Å². The lowest BCUT2D eigenvalue weighted by atomic mass is 10.1. The van der Waals surface area contributed by atoms with Crippen LogP contribution in [0.2, 0.25) is 0 Å². The molecule has 0 aliphatic carbocycles. The van der Waals surface area contributed by atoms with E-state index in [2.05, 4.69) is 15.9 Å². The van der Waals surface area contributed by atoms with Crippen molar-refractivity contribution in [3.05, 3.63) is 28.6 Å². The lowest BCUT2D eigenvalue weighted by Gasteiger charge is -2.12. The van der Waals surface area contributed by atoms with Gasteiger partial charge < -0.3 is 15.1 Å². The Hall–Kier alpha value is -1.56. The normalized spacial score (nSPS) is 19.6. The van der Waals surface area contributed by atoms with E-state index in [-0.39, 0.29) is 17.7 Å². The van der Waals surface area contributed by atoms with Crippen LogP contribution >= 0.6 is 15.9 Å². The van der Waals surface area contributed by atoms with Gasteiger partial charge >= 0.3 is 0 Å². The molecule has 1 atom stereocenters. The second-order valence-corrected chi connectivity index (χ2v) is 4.93. The molecule has 0 radical (unpaired) electrons. The molecular weight excluding hydrogens is 300 g/mol. The van der Waals surface area contributed by atoms with Gasteiger partial charge in [0, 0.05) is 19.2 Å². The predicted molar refractivity (Wildman–Crippen MR) is 69.3 cm³/mol. The molecule has 1 aliphatic rings. The summed E-state index contributed by atoms with van der Waals surface area (Å²) >= 11 is 3.18. The molecule has 0 spiro atoms. The van der Waals surface area contributed by atoms with E-state index >= 15 is 0 Å². The van der Waals surface area contributed by atoms with E-state index in [9.17, 15) is 9.59 Å². The van der Waals surface area contributed by atoms with Crippen molar-refractivity contribution in [2.24, 2.45) is 11.7 Å². The lowest BCUT2D eigenvalue weighted by Crippen LogP contribution is -2.30. The number of likely N-dealkylation sites (tertiary alicyclic amines) is 1. The quantitative estimate of drug-likeness (QED) is 0.857. The van der Waals surface area contributed by atoms with Crippen LogP contribution in [0.4, 0.5) is 0 Å². The van der Waals surface area contributed by atoms with E-state index < -0.39 is 0 Å². The lowest BCUT2D eigenvalue weighted by molar-refractivity contribution is -0.125. The Labute approximate surface area is 113 Å². The first-order chi connectivity index (χ1) is 8.56. The van der Waals surface area contributed by atoms with Crippen LogP contribution in [0.25, 0.3) is 6.08 Å². The molecule has 2 amide bonds. The molecule has 0 aromatic carbocycles. The second-order valence-electron chi connectivity index (χ2n) is 4.15. The molecule has 1 saturated heterocycles. The predicted octanol–water partition coefficient (Wildman–Crippen LogP) is 1.39. The number of hydrogen-bond acceptors (Lipinski definition) is 3. The average Bonchev–Trinajstić information content (AvgIpc) is 2.94. The highest BCUT2D eigenvalue weighted by atomic mass is 79.9. The van der Waals surface area contributed by atoms with Gasteiger partial charge in [0.15, 0.2) is 4.67 Å². The molecule has 1 aromatic heterocycles. The van der Waals surface area contributed by atoms with Crippen molar-refractivity contribution in [2.45, 2.75) is 6.42 Å². The summed E-state index contributed by atoms with van der Waals surface area (Å²) in [7, 11) is 0. The standard InChI is InChI=1S/C12H13BrN2O3/c13-10-3-1-9(18-10)2-4-11(16)15-6-5-8(7-15)12(14)17/h1-4,8H,5-7H2,(H2,14,17). The molecule has 18 heavy (non-hydrogen) atoms. The number of carbonyl (C=O) groups excluding carboxylic acids is 2.